The van der Waals surface area contributed by atoms with Crippen molar-refractivity contribution in [3.63, 3.8) is 0 Å². The van der Waals surface area contributed by atoms with Crippen LogP contribution in [0.4, 0.5) is 11.5 Å². The van der Waals surface area contributed by atoms with Crippen molar-refractivity contribution < 1.29 is 61.0 Å². The fourth-order valence-electron chi connectivity index (χ4n) is 2.47. The summed E-state index contributed by atoms with van der Waals surface area (Å²) in [6.45, 7) is 21.9. The number of amides is 1. The van der Waals surface area contributed by atoms with Gasteiger partial charge in [-0.25, -0.2) is 0 Å². The minimum absolute atomic E-state index is 0. The zero-order chi connectivity index (χ0) is 30.5. The molecule has 0 saturated carbocycles. The Balaban J connectivity index is -0.000000266. The van der Waals surface area contributed by atoms with Crippen LogP contribution in [0.3, 0.4) is 0 Å². The average Bonchev–Trinajstić information content (AvgIpc) is 2.94. The summed E-state index contributed by atoms with van der Waals surface area (Å²) < 4.78 is 0. The summed E-state index contributed by atoms with van der Waals surface area (Å²) in [6.07, 6.45) is 14.3. The van der Waals surface area contributed by atoms with Crippen molar-refractivity contribution in [3.05, 3.63) is 71.2 Å². The van der Waals surface area contributed by atoms with Gasteiger partial charge in [0.1, 0.15) is 0 Å². The van der Waals surface area contributed by atoms with Gasteiger partial charge >= 0.3 is 51.4 Å². The van der Waals surface area contributed by atoms with Crippen molar-refractivity contribution in [3.8, 4) is 0 Å². The maximum absolute atomic E-state index is 11.4. The quantitative estimate of drug-likeness (QED) is 0.168. The number of aryl methyl sites for hydroxylation is 2. The topological polar surface area (TPSA) is 87.2 Å². The summed E-state index contributed by atoms with van der Waals surface area (Å²) in [4.78, 5) is 25.4. The van der Waals surface area contributed by atoms with Crippen molar-refractivity contribution in [2.45, 2.75) is 127 Å². The number of unbranched alkanes of at least 4 members (excludes halogenated alkanes) is 5. The molecule has 2 N–H and O–H groups in total. The van der Waals surface area contributed by atoms with E-state index in [1.807, 2.05) is 31.2 Å². The maximum atomic E-state index is 11.4. The van der Waals surface area contributed by atoms with Crippen molar-refractivity contribution in [1.29, 1.82) is 0 Å². The average molecular weight is 580 g/mol. The van der Waals surface area contributed by atoms with Gasteiger partial charge < -0.3 is 16.0 Å². The van der Waals surface area contributed by atoms with E-state index in [1.54, 1.807) is 12.1 Å². The van der Waals surface area contributed by atoms with Gasteiger partial charge in [0.2, 0.25) is 5.91 Å². The monoisotopic (exact) mass is 579 g/mol. The Hall–Kier alpha value is -1.31. The number of carbonyl (C=O) groups excluding carboxylic acids is 2. The zero-order valence-electron chi connectivity index (χ0n) is 27.6. The predicted octanol–water partition coefficient (Wildman–Crippen LogP) is 7.74. The van der Waals surface area contributed by atoms with Gasteiger partial charge in [-0.3, -0.25) is 9.59 Å². The molecule has 0 aliphatic rings. The van der Waals surface area contributed by atoms with Crippen molar-refractivity contribution in [2.24, 2.45) is 5.73 Å². The van der Waals surface area contributed by atoms with Gasteiger partial charge in [0, 0.05) is 5.56 Å². The largest absolute Gasteiger partial charge is 1.00 e. The molecule has 6 heteroatoms. The van der Waals surface area contributed by atoms with E-state index in [4.69, 9.17) is 5.73 Å². The first-order chi connectivity index (χ1) is 18.6. The molecule has 2 rings (SSSR count). The summed E-state index contributed by atoms with van der Waals surface area (Å²) in [7, 11) is 0. The SMILES string of the molecule is C=CC(C)=O.CCCC.CCCC.CCCCCC.CCCc1ccc([N-]c2nc(C)ccc2C(N)=O)cc1.[K+]. The fraction of sp³-hybridized carbons (Fsp3) is 0.559. The van der Waals surface area contributed by atoms with Gasteiger partial charge in [-0.1, -0.05) is 149 Å². The number of benzene rings is 1. The Bertz CT molecular complexity index is 856. The van der Waals surface area contributed by atoms with Gasteiger partial charge in [-0.2, -0.15) is 0 Å². The number of pyridine rings is 1. The predicted molar refractivity (Wildman–Crippen MR) is 172 cm³/mol. The number of hydrogen-bond donors (Lipinski definition) is 1. The van der Waals surface area contributed by atoms with Crippen LogP contribution in [-0.2, 0) is 11.2 Å². The third-order valence-corrected chi connectivity index (χ3v) is 5.23. The summed E-state index contributed by atoms with van der Waals surface area (Å²) in [5, 5.41) is 4.41. The number of aromatic nitrogens is 1. The Labute approximate surface area is 290 Å². The minimum atomic E-state index is -0.515. The minimum Gasteiger partial charge on any atom is -0.439 e. The molecule has 0 radical (unpaired) electrons. The van der Waals surface area contributed by atoms with E-state index < -0.39 is 5.91 Å². The molecular formula is C34H58KN3O2. The second-order valence-electron chi connectivity index (χ2n) is 9.24. The molecule has 1 aromatic heterocycles. The maximum Gasteiger partial charge on any atom is 1.00 e. The standard InChI is InChI=1S/C16H19N3O.C6H14.C4H6O.2C4H10.K/c1-3-4-12-6-8-13(9-7-12)19-16-14(15(17)20)10-5-11(2)18-16;1-3-5-6-4-2;1-3-4(2)5;2*1-3-4-2;/h5-10H,3-4H2,1-2H3,(H3,17,18,19,20);3-6H2,1-2H3;3H,1H2,2H3;2*3-4H2,1-2H3;/q;;;;;+1/p-1. The number of primary amides is 1. The second kappa shape index (κ2) is 33.9. The number of ketones is 1. The molecule has 1 amide bonds. The van der Waals surface area contributed by atoms with Crippen LogP contribution in [0.5, 0.6) is 0 Å². The van der Waals surface area contributed by atoms with E-state index >= 15 is 0 Å². The molecule has 222 valence electrons. The first-order valence-corrected chi connectivity index (χ1v) is 14.8. The Morgan fingerprint density at radius 1 is 0.800 bits per heavy atom. The molecule has 0 aliphatic heterocycles. The van der Waals surface area contributed by atoms with E-state index in [0.29, 0.717) is 11.4 Å². The van der Waals surface area contributed by atoms with E-state index in [2.05, 4.69) is 65.3 Å². The number of carbonyl (C=O) groups is 2. The Kier molecular flexibility index (Phi) is 38.7. The van der Waals surface area contributed by atoms with E-state index in [-0.39, 0.29) is 57.2 Å². The molecule has 0 atom stereocenters. The van der Waals surface area contributed by atoms with Crippen LogP contribution in [0.1, 0.15) is 135 Å². The first-order valence-electron chi connectivity index (χ1n) is 14.8. The Morgan fingerprint density at radius 2 is 1.25 bits per heavy atom. The molecular weight excluding hydrogens is 521 g/mol. The summed E-state index contributed by atoms with van der Waals surface area (Å²) in [6, 6.07) is 11.4. The Morgan fingerprint density at radius 3 is 1.57 bits per heavy atom. The zero-order valence-corrected chi connectivity index (χ0v) is 30.7. The van der Waals surface area contributed by atoms with Crippen LogP contribution in [0, 0.1) is 6.92 Å². The van der Waals surface area contributed by atoms with E-state index in [1.165, 1.54) is 69.9 Å². The van der Waals surface area contributed by atoms with Gasteiger partial charge in [0.25, 0.3) is 0 Å². The molecule has 0 aliphatic carbocycles. The van der Waals surface area contributed by atoms with Crippen LogP contribution < -0.4 is 57.1 Å². The molecule has 2 aromatic rings. The third-order valence-electron chi connectivity index (χ3n) is 5.23. The number of allylic oxidation sites excluding steroid dienone is 1. The van der Waals surface area contributed by atoms with Gasteiger partial charge in [0.05, 0.1) is 0 Å². The number of rotatable bonds is 11. The second-order valence-corrected chi connectivity index (χ2v) is 9.24. The summed E-state index contributed by atoms with van der Waals surface area (Å²) in [5.41, 5.74) is 8.53. The molecule has 0 fully saturated rings. The summed E-state index contributed by atoms with van der Waals surface area (Å²) in [5.74, 6) is -0.121. The summed E-state index contributed by atoms with van der Waals surface area (Å²) >= 11 is 0. The van der Waals surface area contributed by atoms with Crippen molar-refractivity contribution in [2.75, 3.05) is 0 Å². The molecule has 1 heterocycles. The van der Waals surface area contributed by atoms with Gasteiger partial charge in [-0.15, -0.1) is 0 Å². The molecule has 40 heavy (non-hydrogen) atoms. The number of nitrogens with two attached hydrogens (primary N) is 1. The molecule has 0 saturated heterocycles. The van der Waals surface area contributed by atoms with Crippen LogP contribution in [0.25, 0.3) is 5.32 Å². The van der Waals surface area contributed by atoms with Gasteiger partial charge in [0.15, 0.2) is 5.78 Å². The number of hydrogen-bond acceptors (Lipinski definition) is 3. The molecule has 0 bridgehead atoms. The van der Waals surface area contributed by atoms with Crippen LogP contribution in [0.2, 0.25) is 0 Å². The van der Waals surface area contributed by atoms with Crippen LogP contribution >= 0.6 is 0 Å². The van der Waals surface area contributed by atoms with Gasteiger partial charge in [-0.05, 0) is 49.5 Å². The third kappa shape index (κ3) is 29.7. The van der Waals surface area contributed by atoms with Crippen LogP contribution in [0.15, 0.2) is 49.1 Å². The smallest absolute Gasteiger partial charge is 0.439 e. The van der Waals surface area contributed by atoms with Crippen molar-refractivity contribution in [1.82, 2.24) is 4.98 Å². The molecule has 1 aromatic carbocycles. The van der Waals surface area contributed by atoms with Crippen molar-refractivity contribution >= 4 is 23.2 Å². The number of nitrogens with zero attached hydrogens (tertiary/aromatic N) is 2. The fourth-order valence-corrected chi connectivity index (χ4v) is 2.47. The first kappa shape index (κ1) is 45.7. The normalized spacial score (nSPS) is 8.82. The van der Waals surface area contributed by atoms with E-state index in [9.17, 15) is 9.59 Å². The molecule has 0 spiro atoms. The molecule has 0 unspecified atom stereocenters. The van der Waals surface area contributed by atoms with Crippen LogP contribution in [-0.4, -0.2) is 16.7 Å². The molecule has 5 nitrogen and oxygen atoms in total. The van der Waals surface area contributed by atoms with E-state index in [0.717, 1.165) is 24.2 Å².